The monoisotopic (exact) mass is 289 g/mol. The molecular formula is C15H31NO2S. The van der Waals surface area contributed by atoms with Crippen LogP contribution in [0.25, 0.3) is 0 Å². The first-order valence-corrected chi connectivity index (χ1v) is 9.21. The van der Waals surface area contributed by atoms with Crippen molar-refractivity contribution in [2.24, 2.45) is 0 Å². The molecule has 1 unspecified atom stereocenters. The van der Waals surface area contributed by atoms with Gasteiger partial charge in [-0.25, -0.2) is 0 Å². The van der Waals surface area contributed by atoms with Crippen LogP contribution in [0.1, 0.15) is 51.4 Å². The summed E-state index contributed by atoms with van der Waals surface area (Å²) in [6.07, 6.45) is 12.3. The quantitative estimate of drug-likeness (QED) is 0.574. The van der Waals surface area contributed by atoms with Gasteiger partial charge in [0.05, 0.1) is 18.8 Å². The van der Waals surface area contributed by atoms with Crippen molar-refractivity contribution >= 4 is 11.8 Å². The van der Waals surface area contributed by atoms with Gasteiger partial charge in [0.25, 0.3) is 0 Å². The Hall–Kier alpha value is 0.230. The Morgan fingerprint density at radius 2 is 2.00 bits per heavy atom. The molecule has 0 aromatic carbocycles. The lowest BCUT2D eigenvalue weighted by atomic mass is 9.98. The lowest BCUT2D eigenvalue weighted by Gasteiger charge is -2.23. The van der Waals surface area contributed by atoms with Gasteiger partial charge in [-0.3, -0.25) is 0 Å². The minimum Gasteiger partial charge on any atom is -0.389 e. The maximum atomic E-state index is 9.83. The van der Waals surface area contributed by atoms with Crippen LogP contribution in [0.3, 0.4) is 0 Å². The van der Waals surface area contributed by atoms with Crippen LogP contribution in [-0.4, -0.2) is 49.0 Å². The fourth-order valence-electron chi connectivity index (χ4n) is 2.48. The predicted octanol–water partition coefficient (Wildman–Crippen LogP) is 2.82. The van der Waals surface area contributed by atoms with Crippen molar-refractivity contribution < 1.29 is 9.84 Å². The number of aliphatic hydroxyl groups excluding tert-OH is 1. The maximum absolute atomic E-state index is 9.83. The number of ether oxygens (including phenoxy) is 1. The molecule has 1 rings (SSSR count). The summed E-state index contributed by atoms with van der Waals surface area (Å²) in [7, 11) is 0. The Labute approximate surface area is 122 Å². The van der Waals surface area contributed by atoms with Crippen LogP contribution in [0.15, 0.2) is 0 Å². The number of hydrogen-bond acceptors (Lipinski definition) is 4. The summed E-state index contributed by atoms with van der Waals surface area (Å²) < 4.78 is 5.76. The molecule has 1 atom stereocenters. The Morgan fingerprint density at radius 3 is 2.74 bits per heavy atom. The van der Waals surface area contributed by atoms with Gasteiger partial charge in [-0.1, -0.05) is 25.7 Å². The summed E-state index contributed by atoms with van der Waals surface area (Å²) in [4.78, 5) is 0. The van der Waals surface area contributed by atoms with E-state index in [1.165, 1.54) is 57.1 Å². The van der Waals surface area contributed by atoms with Gasteiger partial charge in [-0.15, -0.1) is 0 Å². The Kier molecular flexibility index (Phi) is 10.9. The molecule has 0 radical (unpaired) electrons. The number of aliphatic hydroxyl groups is 1. The van der Waals surface area contributed by atoms with E-state index in [2.05, 4.69) is 11.6 Å². The minimum absolute atomic E-state index is 0.354. The Morgan fingerprint density at radius 1 is 1.21 bits per heavy atom. The number of hydrogen-bond donors (Lipinski definition) is 2. The summed E-state index contributed by atoms with van der Waals surface area (Å²) in [6.45, 7) is 2.16. The Balaban J connectivity index is 1.85. The van der Waals surface area contributed by atoms with E-state index in [0.717, 1.165) is 6.54 Å². The van der Waals surface area contributed by atoms with Gasteiger partial charge >= 0.3 is 0 Å². The first kappa shape index (κ1) is 17.3. The molecule has 0 bridgehead atoms. The van der Waals surface area contributed by atoms with Crippen molar-refractivity contribution in [3.63, 3.8) is 0 Å². The van der Waals surface area contributed by atoms with Crippen LogP contribution in [0.5, 0.6) is 0 Å². The predicted molar refractivity (Wildman–Crippen MR) is 83.9 cm³/mol. The average molecular weight is 289 g/mol. The molecule has 0 heterocycles. The van der Waals surface area contributed by atoms with E-state index in [1.807, 2.05) is 11.8 Å². The van der Waals surface area contributed by atoms with E-state index in [1.54, 1.807) is 0 Å². The molecule has 2 N–H and O–H groups in total. The second kappa shape index (κ2) is 12.0. The molecule has 0 saturated heterocycles. The van der Waals surface area contributed by atoms with Gasteiger partial charge < -0.3 is 15.2 Å². The van der Waals surface area contributed by atoms with Crippen LogP contribution >= 0.6 is 11.8 Å². The van der Waals surface area contributed by atoms with Gasteiger partial charge in [0.1, 0.15) is 0 Å². The van der Waals surface area contributed by atoms with E-state index >= 15 is 0 Å². The zero-order chi connectivity index (χ0) is 13.8. The molecular weight excluding hydrogens is 258 g/mol. The van der Waals surface area contributed by atoms with Crippen LogP contribution in [-0.2, 0) is 4.74 Å². The largest absolute Gasteiger partial charge is 0.389 e. The molecule has 19 heavy (non-hydrogen) atoms. The van der Waals surface area contributed by atoms with E-state index in [4.69, 9.17) is 4.74 Å². The lowest BCUT2D eigenvalue weighted by molar-refractivity contribution is -0.0229. The van der Waals surface area contributed by atoms with Crippen molar-refractivity contribution in [1.29, 1.82) is 0 Å². The summed E-state index contributed by atoms with van der Waals surface area (Å²) in [6, 6.07) is 0. The third-order valence-electron chi connectivity index (χ3n) is 3.66. The highest BCUT2D eigenvalue weighted by Gasteiger charge is 2.15. The third kappa shape index (κ3) is 9.72. The molecule has 0 aromatic heterocycles. The fraction of sp³-hybridized carbons (Fsp3) is 1.00. The fourth-order valence-corrected chi connectivity index (χ4v) is 2.97. The molecule has 1 aliphatic rings. The van der Waals surface area contributed by atoms with Crippen molar-refractivity contribution in [2.45, 2.75) is 63.6 Å². The van der Waals surface area contributed by atoms with Crippen LogP contribution in [0.2, 0.25) is 0 Å². The summed E-state index contributed by atoms with van der Waals surface area (Å²) in [5.74, 6) is 1.26. The molecule has 114 valence electrons. The second-order valence-electron chi connectivity index (χ2n) is 5.50. The molecule has 0 spiro atoms. The molecule has 1 saturated carbocycles. The smallest absolute Gasteiger partial charge is 0.0897 e. The van der Waals surface area contributed by atoms with Gasteiger partial charge in [-0.05, 0) is 44.2 Å². The van der Waals surface area contributed by atoms with E-state index < -0.39 is 0 Å². The van der Waals surface area contributed by atoms with Gasteiger partial charge in [0.2, 0.25) is 0 Å². The van der Waals surface area contributed by atoms with Crippen molar-refractivity contribution in [3.8, 4) is 0 Å². The summed E-state index contributed by atoms with van der Waals surface area (Å²) >= 11 is 1.91. The van der Waals surface area contributed by atoms with E-state index in [-0.39, 0.29) is 6.10 Å². The molecule has 1 aliphatic carbocycles. The van der Waals surface area contributed by atoms with Crippen molar-refractivity contribution in [1.82, 2.24) is 5.32 Å². The van der Waals surface area contributed by atoms with E-state index in [0.29, 0.717) is 19.3 Å². The van der Waals surface area contributed by atoms with Crippen LogP contribution in [0.4, 0.5) is 0 Å². The summed E-state index contributed by atoms with van der Waals surface area (Å²) in [5, 5.41) is 13.1. The molecule has 4 heteroatoms. The minimum atomic E-state index is -0.354. The highest BCUT2D eigenvalue weighted by Crippen LogP contribution is 2.20. The molecule has 1 fully saturated rings. The maximum Gasteiger partial charge on any atom is 0.0897 e. The zero-order valence-electron chi connectivity index (χ0n) is 12.4. The standard InChI is InChI=1S/C15H31NO2S/c1-19-11-7-3-6-10-16-12-14(17)13-18-15-8-4-2-5-9-15/h14-17H,2-13H2,1H3. The third-order valence-corrected chi connectivity index (χ3v) is 4.36. The molecule has 0 amide bonds. The van der Waals surface area contributed by atoms with Crippen LogP contribution < -0.4 is 5.32 Å². The molecule has 0 aromatic rings. The number of thioether (sulfide) groups is 1. The number of nitrogens with one attached hydrogen (secondary N) is 1. The Bertz CT molecular complexity index is 199. The topological polar surface area (TPSA) is 41.5 Å². The zero-order valence-corrected chi connectivity index (χ0v) is 13.2. The van der Waals surface area contributed by atoms with Crippen molar-refractivity contribution in [3.05, 3.63) is 0 Å². The normalized spacial score (nSPS) is 18.6. The highest BCUT2D eigenvalue weighted by molar-refractivity contribution is 7.98. The SMILES string of the molecule is CSCCCCCNCC(O)COC1CCCCC1. The van der Waals surface area contributed by atoms with Crippen molar-refractivity contribution in [2.75, 3.05) is 31.7 Å². The summed E-state index contributed by atoms with van der Waals surface area (Å²) in [5.41, 5.74) is 0. The first-order chi connectivity index (χ1) is 9.33. The number of unbranched alkanes of at least 4 members (excludes halogenated alkanes) is 2. The van der Waals surface area contributed by atoms with Gasteiger partial charge in [0.15, 0.2) is 0 Å². The van der Waals surface area contributed by atoms with Gasteiger partial charge in [0, 0.05) is 6.54 Å². The second-order valence-corrected chi connectivity index (χ2v) is 6.49. The van der Waals surface area contributed by atoms with E-state index in [9.17, 15) is 5.11 Å². The molecule has 3 nitrogen and oxygen atoms in total. The average Bonchev–Trinajstić information content (AvgIpc) is 2.45. The molecule has 0 aliphatic heterocycles. The highest BCUT2D eigenvalue weighted by atomic mass is 32.2. The van der Waals surface area contributed by atoms with Crippen LogP contribution in [0, 0.1) is 0 Å². The lowest BCUT2D eigenvalue weighted by Crippen LogP contribution is -2.33. The first-order valence-electron chi connectivity index (χ1n) is 7.82. The van der Waals surface area contributed by atoms with Gasteiger partial charge in [-0.2, -0.15) is 11.8 Å². The number of rotatable bonds is 11.